The van der Waals surface area contributed by atoms with Gasteiger partial charge in [-0.3, -0.25) is 0 Å². The molecule has 0 radical (unpaired) electrons. The van der Waals surface area contributed by atoms with Crippen LogP contribution in [0.3, 0.4) is 0 Å². The van der Waals surface area contributed by atoms with Crippen LogP contribution in [0.5, 0.6) is 0 Å². The molecule has 35 heavy (non-hydrogen) atoms. The summed E-state index contributed by atoms with van der Waals surface area (Å²) in [7, 11) is 0. The normalized spacial score (nSPS) is 11.2. The van der Waals surface area contributed by atoms with E-state index in [0.29, 0.717) is 10.2 Å². The Hall–Kier alpha value is -2.37. The number of hydrogen-bond acceptors (Lipinski definition) is 3. The fraction of sp³-hybridized carbons (Fsp3) is 0.267. The van der Waals surface area contributed by atoms with Crippen molar-refractivity contribution >= 4 is 40.7 Å². The molecule has 0 amide bonds. The quantitative estimate of drug-likeness (QED) is 0.174. The van der Waals surface area contributed by atoms with Gasteiger partial charge in [-0.2, -0.15) is 0 Å². The van der Waals surface area contributed by atoms with Gasteiger partial charge in [0, 0.05) is 0 Å². The molecule has 5 heteroatoms. The fourth-order valence-electron chi connectivity index (χ4n) is 4.42. The third kappa shape index (κ3) is 6.86. The molecule has 3 rings (SSSR count). The summed E-state index contributed by atoms with van der Waals surface area (Å²) in [6.45, 7) is 11.7. The van der Waals surface area contributed by atoms with E-state index in [9.17, 15) is 9.59 Å². The molecule has 0 unspecified atom stereocenters. The average Bonchev–Trinajstić information content (AvgIpc) is 2.90. The molecule has 0 saturated carbocycles. The molecule has 184 valence electrons. The molecule has 0 heterocycles. The monoisotopic (exact) mass is 594 g/mol. The number of rotatable bonds is 9. The molecule has 0 atom stereocenters. The van der Waals surface area contributed by atoms with Crippen LogP contribution in [0, 0.1) is 0 Å². The number of benzene rings is 3. The van der Waals surface area contributed by atoms with E-state index in [0.717, 1.165) is 32.5 Å². The van der Waals surface area contributed by atoms with Gasteiger partial charge in [-0.05, 0) is 0 Å². The van der Waals surface area contributed by atoms with Crippen LogP contribution in [0.2, 0.25) is 15.8 Å². The zero-order chi connectivity index (χ0) is 25.9. The van der Waals surface area contributed by atoms with E-state index < -0.39 is 19.0 Å². The molecule has 3 aromatic carbocycles. The third-order valence-corrected chi connectivity index (χ3v) is 17.7. The third-order valence-electron chi connectivity index (χ3n) is 6.74. The Morgan fingerprint density at radius 1 is 0.743 bits per heavy atom. The molecular weight excluding hydrogens is 554 g/mol. The molecule has 0 aliphatic heterocycles. The minimum absolute atomic E-state index is 0.0779. The summed E-state index contributed by atoms with van der Waals surface area (Å²) in [6.07, 6.45) is 0. The molecule has 0 fully saturated rings. The Morgan fingerprint density at radius 3 is 1.29 bits per heavy atom. The van der Waals surface area contributed by atoms with E-state index in [4.69, 9.17) is 3.76 Å². The summed E-state index contributed by atoms with van der Waals surface area (Å²) < 4.78 is 5.90. The molecule has 0 aliphatic carbocycles. The first-order chi connectivity index (χ1) is 16.8. The van der Waals surface area contributed by atoms with Crippen LogP contribution in [-0.2, 0) is 18.8 Å². The van der Waals surface area contributed by atoms with Crippen LogP contribution in [0.25, 0.3) is 0 Å². The minimum atomic E-state index is -2.27. The summed E-state index contributed by atoms with van der Waals surface area (Å²) in [5.74, 6) is -0.189. The summed E-state index contributed by atoms with van der Waals surface area (Å²) in [5.41, 5.74) is 2.98. The first-order valence-electron chi connectivity index (χ1n) is 12.3. The van der Waals surface area contributed by atoms with Gasteiger partial charge in [0.2, 0.25) is 0 Å². The van der Waals surface area contributed by atoms with Gasteiger partial charge >= 0.3 is 223 Å². The topological polar surface area (TPSA) is 43.4 Å². The van der Waals surface area contributed by atoms with E-state index in [1.54, 1.807) is 6.92 Å². The number of hydrogen-bond donors (Lipinski definition) is 0. The van der Waals surface area contributed by atoms with Crippen molar-refractivity contribution in [2.45, 2.75) is 48.9 Å². The van der Waals surface area contributed by atoms with Gasteiger partial charge in [-0.15, -0.1) is 0 Å². The zero-order valence-corrected chi connectivity index (χ0v) is 28.0. The summed E-state index contributed by atoms with van der Waals surface area (Å²) in [6, 6.07) is 30.4. The SMILES string of the molecule is C=C(C)C(=O)[O][Ge]([CH2]C)([CH2]C)[CH2]C.O=[C]([GeH3])C(c1ccccc1)(c1ccccc1)c1ccccc1. The predicted molar refractivity (Wildman–Crippen MR) is 152 cm³/mol. The van der Waals surface area contributed by atoms with E-state index in [2.05, 4.69) is 63.7 Å². The summed E-state index contributed by atoms with van der Waals surface area (Å²) in [4.78, 5) is 24.3. The standard InChI is InChI=1S/C20H18GeO.C10H20GeO2/c21-19(22)20(16-10-4-1-5-11-16,17-12-6-2-7-13-17)18-14-8-3-9-15-18;1-6-11(7-2,8-3)13-10(12)9(4)5/h1-15H,21H3;4,6-8H2,1-3,5H3. The van der Waals surface area contributed by atoms with E-state index in [1.165, 1.54) is 0 Å². The van der Waals surface area contributed by atoms with Crippen LogP contribution in [0.4, 0.5) is 0 Å². The van der Waals surface area contributed by atoms with Crippen LogP contribution in [0.1, 0.15) is 44.4 Å². The van der Waals surface area contributed by atoms with Gasteiger partial charge in [0.05, 0.1) is 0 Å². The molecule has 3 nitrogen and oxygen atoms in total. The molecule has 0 bridgehead atoms. The van der Waals surface area contributed by atoms with E-state index >= 15 is 0 Å². The molecule has 0 spiro atoms. The van der Waals surface area contributed by atoms with E-state index in [-0.39, 0.29) is 22.5 Å². The Kier molecular flexibility index (Phi) is 11.3. The second-order valence-corrected chi connectivity index (χ2v) is 20.6. The van der Waals surface area contributed by atoms with Gasteiger partial charge in [0.15, 0.2) is 0 Å². The molecule has 0 N–H and O–H groups in total. The van der Waals surface area contributed by atoms with Crippen LogP contribution >= 0.6 is 0 Å². The molecular formula is C30H38Ge2O3. The van der Waals surface area contributed by atoms with Crippen molar-refractivity contribution in [3.05, 3.63) is 120 Å². The second-order valence-electron chi connectivity index (χ2n) is 8.82. The number of carbonyl (C=O) groups is 2. The zero-order valence-electron chi connectivity index (χ0n) is 21.7. The van der Waals surface area contributed by atoms with Crippen molar-refractivity contribution < 1.29 is 13.4 Å². The van der Waals surface area contributed by atoms with Gasteiger partial charge in [-0.25, -0.2) is 0 Å². The van der Waals surface area contributed by atoms with Crippen molar-refractivity contribution in [3.63, 3.8) is 0 Å². The van der Waals surface area contributed by atoms with Crippen LogP contribution in [-0.4, -0.2) is 40.7 Å². The molecule has 0 aromatic heterocycles. The van der Waals surface area contributed by atoms with Crippen molar-refractivity contribution in [1.82, 2.24) is 0 Å². The molecule has 0 aliphatic rings. The van der Waals surface area contributed by atoms with Gasteiger partial charge in [0.25, 0.3) is 0 Å². The first-order valence-corrected chi connectivity index (χ1v) is 19.7. The van der Waals surface area contributed by atoms with Gasteiger partial charge in [0.1, 0.15) is 0 Å². The molecule has 0 saturated heterocycles. The summed E-state index contributed by atoms with van der Waals surface area (Å²) in [5, 5.41) is 3.14. The Balaban J connectivity index is 0.000000287. The van der Waals surface area contributed by atoms with E-state index in [1.807, 2.05) is 54.6 Å². The van der Waals surface area contributed by atoms with Gasteiger partial charge < -0.3 is 0 Å². The van der Waals surface area contributed by atoms with Crippen molar-refractivity contribution in [3.8, 4) is 0 Å². The fourth-order valence-corrected chi connectivity index (χ4v) is 11.5. The Labute approximate surface area is 221 Å². The number of carbonyl (C=O) groups excluding carboxylic acids is 2. The predicted octanol–water partition coefficient (Wildman–Crippen LogP) is 6.02. The van der Waals surface area contributed by atoms with Crippen LogP contribution in [0.15, 0.2) is 103 Å². The molecule has 3 aromatic rings. The Morgan fingerprint density at radius 2 is 1.06 bits per heavy atom. The first kappa shape index (κ1) is 28.9. The van der Waals surface area contributed by atoms with Crippen LogP contribution < -0.4 is 0 Å². The second kappa shape index (κ2) is 13.6. The summed E-state index contributed by atoms with van der Waals surface area (Å²) >= 11 is -2.19. The van der Waals surface area contributed by atoms with Crippen molar-refractivity contribution in [2.75, 3.05) is 0 Å². The Bertz CT molecular complexity index is 987. The van der Waals surface area contributed by atoms with Gasteiger partial charge in [-0.1, -0.05) is 0 Å². The maximum absolute atomic E-state index is 13.0. The maximum atomic E-state index is 13.0. The average molecular weight is 592 g/mol. The van der Waals surface area contributed by atoms with Crippen molar-refractivity contribution in [2.24, 2.45) is 0 Å². The van der Waals surface area contributed by atoms with Crippen molar-refractivity contribution in [1.29, 1.82) is 0 Å².